The van der Waals surface area contributed by atoms with Crippen molar-refractivity contribution in [2.75, 3.05) is 7.11 Å². The van der Waals surface area contributed by atoms with Crippen LogP contribution in [0.25, 0.3) is 0 Å². The lowest BCUT2D eigenvalue weighted by Gasteiger charge is -2.07. The lowest BCUT2D eigenvalue weighted by molar-refractivity contribution is 0.376. The largest absolute Gasteiger partial charge is 0.481 e. The molecule has 18 heavy (non-hydrogen) atoms. The number of nitrogens with zero attached hydrogens (tertiary/aromatic N) is 2. The van der Waals surface area contributed by atoms with E-state index in [0.717, 1.165) is 17.0 Å². The number of halogens is 1. The summed E-state index contributed by atoms with van der Waals surface area (Å²) in [7, 11) is 1.55. The molecule has 0 saturated heterocycles. The molecule has 5 heteroatoms. The second-order valence-electron chi connectivity index (χ2n) is 3.59. The van der Waals surface area contributed by atoms with E-state index in [1.165, 1.54) is 0 Å². The number of methoxy groups -OCH3 is 1. The quantitative estimate of drug-likeness (QED) is 0.848. The molecule has 94 valence electrons. The van der Waals surface area contributed by atoms with Gasteiger partial charge in [0, 0.05) is 17.3 Å². The summed E-state index contributed by atoms with van der Waals surface area (Å²) in [6, 6.07) is 7.37. The van der Waals surface area contributed by atoms with Gasteiger partial charge in [-0.3, -0.25) is 0 Å². The number of aromatic nitrogens is 2. The van der Waals surface area contributed by atoms with Crippen LogP contribution in [-0.2, 0) is 6.42 Å². The summed E-state index contributed by atoms with van der Waals surface area (Å²) in [5.41, 5.74) is 1.03. The molecule has 0 saturated carbocycles. The van der Waals surface area contributed by atoms with Crippen molar-refractivity contribution in [3.8, 4) is 17.6 Å². The van der Waals surface area contributed by atoms with Gasteiger partial charge in [0.2, 0.25) is 5.88 Å². The van der Waals surface area contributed by atoms with Crippen LogP contribution in [0.15, 0.2) is 30.5 Å². The van der Waals surface area contributed by atoms with Gasteiger partial charge in [-0.05, 0) is 30.2 Å². The SMILES string of the molecule is CCc1cc(Oc2nccc(OC)n2)ccc1Cl. The Hall–Kier alpha value is -1.81. The first-order chi connectivity index (χ1) is 8.72. The molecule has 0 aliphatic heterocycles. The van der Waals surface area contributed by atoms with Gasteiger partial charge in [-0.25, -0.2) is 4.98 Å². The first-order valence-corrected chi connectivity index (χ1v) is 5.94. The van der Waals surface area contributed by atoms with Crippen molar-refractivity contribution in [2.45, 2.75) is 13.3 Å². The molecule has 0 N–H and O–H groups in total. The van der Waals surface area contributed by atoms with Gasteiger partial charge in [-0.1, -0.05) is 18.5 Å². The summed E-state index contributed by atoms with van der Waals surface area (Å²) in [6.07, 6.45) is 2.42. The van der Waals surface area contributed by atoms with Crippen LogP contribution in [0.1, 0.15) is 12.5 Å². The summed E-state index contributed by atoms with van der Waals surface area (Å²) in [6.45, 7) is 2.03. The normalized spacial score (nSPS) is 10.2. The molecule has 0 spiro atoms. The zero-order valence-corrected chi connectivity index (χ0v) is 10.9. The predicted octanol–water partition coefficient (Wildman–Crippen LogP) is 3.49. The van der Waals surface area contributed by atoms with E-state index < -0.39 is 0 Å². The lowest BCUT2D eigenvalue weighted by Crippen LogP contribution is -1.95. The maximum atomic E-state index is 6.04. The highest BCUT2D eigenvalue weighted by atomic mass is 35.5. The smallest absolute Gasteiger partial charge is 0.325 e. The van der Waals surface area contributed by atoms with Crippen LogP contribution >= 0.6 is 11.6 Å². The third kappa shape index (κ3) is 2.90. The first-order valence-electron chi connectivity index (χ1n) is 5.56. The Morgan fingerprint density at radius 3 is 2.83 bits per heavy atom. The third-order valence-corrected chi connectivity index (χ3v) is 2.79. The molecule has 1 aromatic carbocycles. The second kappa shape index (κ2) is 5.69. The summed E-state index contributed by atoms with van der Waals surface area (Å²) in [5, 5.41) is 0.733. The van der Waals surface area contributed by atoms with Crippen LogP contribution < -0.4 is 9.47 Å². The van der Waals surface area contributed by atoms with Crippen molar-refractivity contribution in [3.05, 3.63) is 41.0 Å². The van der Waals surface area contributed by atoms with Gasteiger partial charge in [-0.15, -0.1) is 0 Å². The van der Waals surface area contributed by atoms with E-state index in [-0.39, 0.29) is 6.01 Å². The summed E-state index contributed by atoms with van der Waals surface area (Å²) in [5.74, 6) is 1.12. The Labute approximate surface area is 111 Å². The van der Waals surface area contributed by atoms with Crippen molar-refractivity contribution < 1.29 is 9.47 Å². The molecule has 2 rings (SSSR count). The van der Waals surface area contributed by atoms with E-state index in [1.54, 1.807) is 31.5 Å². The van der Waals surface area contributed by atoms with Crippen LogP contribution in [0.2, 0.25) is 5.02 Å². The fourth-order valence-corrected chi connectivity index (χ4v) is 1.73. The Morgan fingerprint density at radius 1 is 1.28 bits per heavy atom. The van der Waals surface area contributed by atoms with Crippen molar-refractivity contribution in [2.24, 2.45) is 0 Å². The Kier molecular flexibility index (Phi) is 3.99. The molecule has 0 amide bonds. The molecule has 0 unspecified atom stereocenters. The fourth-order valence-electron chi connectivity index (χ4n) is 1.48. The average molecular weight is 265 g/mol. The average Bonchev–Trinajstić information content (AvgIpc) is 2.41. The topological polar surface area (TPSA) is 44.2 Å². The molecule has 1 aromatic heterocycles. The Bertz CT molecular complexity index is 546. The van der Waals surface area contributed by atoms with E-state index in [1.807, 2.05) is 13.0 Å². The number of rotatable bonds is 4. The monoisotopic (exact) mass is 264 g/mol. The van der Waals surface area contributed by atoms with E-state index in [4.69, 9.17) is 21.1 Å². The Morgan fingerprint density at radius 2 is 2.11 bits per heavy atom. The standard InChI is InChI=1S/C13H13ClN2O2/c1-3-9-8-10(4-5-11(9)14)18-13-15-7-6-12(16-13)17-2/h4-8H,3H2,1-2H3. The van der Waals surface area contributed by atoms with Crippen molar-refractivity contribution in [1.82, 2.24) is 9.97 Å². The fraction of sp³-hybridized carbons (Fsp3) is 0.231. The highest BCUT2D eigenvalue weighted by Gasteiger charge is 2.05. The number of hydrogen-bond acceptors (Lipinski definition) is 4. The molecule has 0 fully saturated rings. The molecule has 1 heterocycles. The van der Waals surface area contributed by atoms with Crippen molar-refractivity contribution >= 4 is 11.6 Å². The molecule has 0 aliphatic carbocycles. The minimum Gasteiger partial charge on any atom is -0.481 e. The molecule has 4 nitrogen and oxygen atoms in total. The van der Waals surface area contributed by atoms with Crippen molar-refractivity contribution in [3.63, 3.8) is 0 Å². The van der Waals surface area contributed by atoms with Gasteiger partial charge >= 0.3 is 6.01 Å². The molecule has 0 radical (unpaired) electrons. The third-order valence-electron chi connectivity index (χ3n) is 2.42. The summed E-state index contributed by atoms with van der Waals surface area (Å²) in [4.78, 5) is 8.09. The van der Waals surface area contributed by atoms with Crippen LogP contribution in [0.4, 0.5) is 0 Å². The summed E-state index contributed by atoms with van der Waals surface area (Å²) < 4.78 is 10.6. The maximum Gasteiger partial charge on any atom is 0.325 e. The van der Waals surface area contributed by atoms with Gasteiger partial charge in [-0.2, -0.15) is 4.98 Å². The Balaban J connectivity index is 2.22. The van der Waals surface area contributed by atoms with Crippen LogP contribution in [0.3, 0.4) is 0 Å². The number of hydrogen-bond donors (Lipinski definition) is 0. The molecule has 2 aromatic rings. The van der Waals surface area contributed by atoms with Gasteiger partial charge in [0.25, 0.3) is 0 Å². The molecular formula is C13H13ClN2O2. The zero-order chi connectivity index (χ0) is 13.0. The van der Waals surface area contributed by atoms with Crippen molar-refractivity contribution in [1.29, 1.82) is 0 Å². The number of ether oxygens (including phenoxy) is 2. The molecular weight excluding hydrogens is 252 g/mol. The molecule has 0 atom stereocenters. The highest BCUT2D eigenvalue weighted by Crippen LogP contribution is 2.25. The van der Waals surface area contributed by atoms with Gasteiger partial charge in [0.05, 0.1) is 7.11 Å². The van der Waals surface area contributed by atoms with E-state index in [0.29, 0.717) is 11.6 Å². The second-order valence-corrected chi connectivity index (χ2v) is 4.00. The van der Waals surface area contributed by atoms with E-state index in [9.17, 15) is 0 Å². The predicted molar refractivity (Wildman–Crippen MR) is 69.5 cm³/mol. The van der Waals surface area contributed by atoms with Gasteiger partial charge < -0.3 is 9.47 Å². The number of benzene rings is 1. The van der Waals surface area contributed by atoms with E-state index >= 15 is 0 Å². The minimum absolute atomic E-state index is 0.249. The minimum atomic E-state index is 0.249. The zero-order valence-electron chi connectivity index (χ0n) is 10.2. The van der Waals surface area contributed by atoms with Crippen LogP contribution in [0, 0.1) is 0 Å². The first kappa shape index (κ1) is 12.6. The summed E-state index contributed by atoms with van der Waals surface area (Å²) >= 11 is 6.04. The highest BCUT2D eigenvalue weighted by molar-refractivity contribution is 6.31. The van der Waals surface area contributed by atoms with Gasteiger partial charge in [0.1, 0.15) is 5.75 Å². The van der Waals surface area contributed by atoms with Gasteiger partial charge in [0.15, 0.2) is 0 Å². The number of aryl methyl sites for hydroxylation is 1. The maximum absolute atomic E-state index is 6.04. The molecule has 0 aliphatic rings. The van der Waals surface area contributed by atoms with Crippen LogP contribution in [0.5, 0.6) is 17.6 Å². The lowest BCUT2D eigenvalue weighted by atomic mass is 10.1. The van der Waals surface area contributed by atoms with E-state index in [2.05, 4.69) is 9.97 Å². The molecule has 0 bridgehead atoms. The van der Waals surface area contributed by atoms with Crippen LogP contribution in [-0.4, -0.2) is 17.1 Å².